The van der Waals surface area contributed by atoms with Gasteiger partial charge in [0, 0.05) is 12.6 Å². The van der Waals surface area contributed by atoms with Gasteiger partial charge in [0.05, 0.1) is 30.7 Å². The minimum absolute atomic E-state index is 0.157. The molecule has 8 nitrogen and oxygen atoms in total. The summed E-state index contributed by atoms with van der Waals surface area (Å²) in [7, 11) is 3.11. The number of hydrogen-bond donors (Lipinski definition) is 1. The van der Waals surface area contributed by atoms with E-state index in [4.69, 9.17) is 25.8 Å². The Bertz CT molecular complexity index is 1040. The Balaban J connectivity index is 1.62. The molecule has 0 aliphatic carbocycles. The SMILES string of the molecule is CCn1c(COc2ccccc2Cl)nnc1SCC(=O)Nc1cc(OC)ccc1OC. The minimum atomic E-state index is -0.198. The molecule has 1 heterocycles. The highest BCUT2D eigenvalue weighted by Crippen LogP contribution is 2.29. The third kappa shape index (κ3) is 5.83. The molecule has 0 unspecified atom stereocenters. The average molecular weight is 463 g/mol. The van der Waals surface area contributed by atoms with E-state index in [-0.39, 0.29) is 18.3 Å². The number of carbonyl (C=O) groups is 1. The standard InChI is InChI=1S/C21H23ClN4O4S/c1-4-26-19(12-30-17-8-6-5-7-15(17)22)24-25-21(26)31-13-20(27)23-16-11-14(28-2)9-10-18(16)29-3/h5-11H,4,12-13H2,1-3H3,(H,23,27). The summed E-state index contributed by atoms with van der Waals surface area (Å²) in [5, 5.41) is 12.4. The third-order valence-electron chi connectivity index (χ3n) is 4.32. The van der Waals surface area contributed by atoms with E-state index in [0.29, 0.717) is 45.5 Å². The van der Waals surface area contributed by atoms with Crippen molar-refractivity contribution in [3.8, 4) is 17.2 Å². The van der Waals surface area contributed by atoms with Crippen LogP contribution in [-0.2, 0) is 17.9 Å². The molecule has 31 heavy (non-hydrogen) atoms. The van der Waals surface area contributed by atoms with E-state index in [1.54, 1.807) is 44.6 Å². The molecule has 2 aromatic carbocycles. The summed E-state index contributed by atoms with van der Waals surface area (Å²) in [5.74, 6) is 2.36. The highest BCUT2D eigenvalue weighted by molar-refractivity contribution is 7.99. The summed E-state index contributed by atoms with van der Waals surface area (Å²) in [5.41, 5.74) is 0.540. The Morgan fingerprint density at radius 3 is 2.65 bits per heavy atom. The topological polar surface area (TPSA) is 87.5 Å². The summed E-state index contributed by atoms with van der Waals surface area (Å²) in [6.07, 6.45) is 0. The van der Waals surface area contributed by atoms with Crippen LogP contribution in [0.5, 0.6) is 17.2 Å². The van der Waals surface area contributed by atoms with Crippen molar-refractivity contribution in [2.24, 2.45) is 0 Å². The highest BCUT2D eigenvalue weighted by Gasteiger charge is 2.15. The first-order chi connectivity index (χ1) is 15.0. The lowest BCUT2D eigenvalue weighted by atomic mass is 10.2. The van der Waals surface area contributed by atoms with Gasteiger partial charge in [-0.3, -0.25) is 4.79 Å². The van der Waals surface area contributed by atoms with Crippen LogP contribution < -0.4 is 19.5 Å². The molecule has 0 saturated carbocycles. The second-order valence-corrected chi connectivity index (χ2v) is 7.61. The second kappa shape index (κ2) is 10.9. The van der Waals surface area contributed by atoms with Crippen LogP contribution in [0.15, 0.2) is 47.6 Å². The first-order valence-electron chi connectivity index (χ1n) is 9.49. The number of nitrogens with zero attached hydrogens (tertiary/aromatic N) is 3. The summed E-state index contributed by atoms with van der Waals surface area (Å²) in [4.78, 5) is 12.5. The fraction of sp³-hybridized carbons (Fsp3) is 0.286. The smallest absolute Gasteiger partial charge is 0.234 e. The lowest BCUT2D eigenvalue weighted by Gasteiger charge is -2.12. The Morgan fingerprint density at radius 2 is 1.94 bits per heavy atom. The maximum Gasteiger partial charge on any atom is 0.234 e. The number of ether oxygens (including phenoxy) is 3. The van der Waals surface area contributed by atoms with Gasteiger partial charge in [-0.15, -0.1) is 10.2 Å². The van der Waals surface area contributed by atoms with Crippen LogP contribution >= 0.6 is 23.4 Å². The van der Waals surface area contributed by atoms with Gasteiger partial charge in [-0.2, -0.15) is 0 Å². The van der Waals surface area contributed by atoms with Crippen LogP contribution in [-0.4, -0.2) is 40.6 Å². The Morgan fingerprint density at radius 1 is 1.13 bits per heavy atom. The average Bonchev–Trinajstić information content (AvgIpc) is 3.18. The van der Waals surface area contributed by atoms with Gasteiger partial charge in [-0.05, 0) is 31.2 Å². The molecule has 0 radical (unpaired) electrons. The van der Waals surface area contributed by atoms with Crippen molar-refractivity contribution in [1.29, 1.82) is 0 Å². The molecule has 0 aliphatic rings. The van der Waals surface area contributed by atoms with Gasteiger partial charge in [0.25, 0.3) is 0 Å². The summed E-state index contributed by atoms with van der Waals surface area (Å²) < 4.78 is 18.2. The zero-order valence-corrected chi connectivity index (χ0v) is 19.0. The van der Waals surface area contributed by atoms with E-state index < -0.39 is 0 Å². The van der Waals surface area contributed by atoms with Crippen molar-refractivity contribution in [2.45, 2.75) is 25.2 Å². The Labute approximate surface area is 189 Å². The summed E-state index contributed by atoms with van der Waals surface area (Å²) >= 11 is 7.42. The predicted octanol–water partition coefficient (Wildman–Crippen LogP) is 4.28. The summed E-state index contributed by atoms with van der Waals surface area (Å²) in [6.45, 7) is 2.84. The van der Waals surface area contributed by atoms with Crippen molar-refractivity contribution in [3.05, 3.63) is 53.3 Å². The van der Waals surface area contributed by atoms with E-state index in [0.717, 1.165) is 0 Å². The molecule has 10 heteroatoms. The molecular formula is C21H23ClN4O4S. The number of carbonyl (C=O) groups excluding carboxylic acids is 1. The van der Waals surface area contributed by atoms with Crippen LogP contribution in [0.1, 0.15) is 12.7 Å². The maximum atomic E-state index is 12.5. The van der Waals surface area contributed by atoms with Crippen LogP contribution in [0.25, 0.3) is 0 Å². The lowest BCUT2D eigenvalue weighted by Crippen LogP contribution is -2.15. The number of hydrogen-bond acceptors (Lipinski definition) is 7. The first kappa shape index (κ1) is 22.8. The number of para-hydroxylation sites is 1. The van der Waals surface area contributed by atoms with Gasteiger partial charge in [0.2, 0.25) is 5.91 Å². The molecule has 1 amide bonds. The number of rotatable bonds is 10. The molecular weight excluding hydrogens is 440 g/mol. The highest BCUT2D eigenvalue weighted by atomic mass is 35.5. The molecule has 0 spiro atoms. The quantitative estimate of drug-likeness (QED) is 0.450. The molecule has 0 aliphatic heterocycles. The number of benzene rings is 2. The molecule has 0 atom stereocenters. The van der Waals surface area contributed by atoms with Crippen LogP contribution in [0.3, 0.4) is 0 Å². The normalized spacial score (nSPS) is 10.6. The molecule has 1 N–H and O–H groups in total. The van der Waals surface area contributed by atoms with Crippen molar-refractivity contribution < 1.29 is 19.0 Å². The molecule has 0 saturated heterocycles. The second-order valence-electron chi connectivity index (χ2n) is 6.27. The van der Waals surface area contributed by atoms with Gasteiger partial charge >= 0.3 is 0 Å². The molecule has 0 bridgehead atoms. The number of anilines is 1. The Hall–Kier alpha value is -2.91. The van der Waals surface area contributed by atoms with Crippen LogP contribution in [0, 0.1) is 0 Å². The van der Waals surface area contributed by atoms with E-state index in [1.165, 1.54) is 11.8 Å². The zero-order chi connectivity index (χ0) is 22.2. The maximum absolute atomic E-state index is 12.5. The molecule has 1 aromatic heterocycles. The summed E-state index contributed by atoms with van der Waals surface area (Å²) in [6, 6.07) is 12.5. The zero-order valence-electron chi connectivity index (χ0n) is 17.4. The van der Waals surface area contributed by atoms with E-state index in [2.05, 4.69) is 15.5 Å². The minimum Gasteiger partial charge on any atom is -0.497 e. The van der Waals surface area contributed by atoms with Gasteiger partial charge in [-0.1, -0.05) is 35.5 Å². The lowest BCUT2D eigenvalue weighted by molar-refractivity contribution is -0.113. The largest absolute Gasteiger partial charge is 0.497 e. The van der Waals surface area contributed by atoms with Crippen LogP contribution in [0.4, 0.5) is 5.69 Å². The van der Waals surface area contributed by atoms with E-state index in [1.807, 2.05) is 23.6 Å². The molecule has 3 rings (SSSR count). The number of methoxy groups -OCH3 is 2. The number of thioether (sulfide) groups is 1. The number of halogens is 1. The van der Waals surface area contributed by atoms with Crippen molar-refractivity contribution in [2.75, 3.05) is 25.3 Å². The van der Waals surface area contributed by atoms with E-state index >= 15 is 0 Å². The van der Waals surface area contributed by atoms with Crippen molar-refractivity contribution in [3.63, 3.8) is 0 Å². The van der Waals surface area contributed by atoms with Crippen molar-refractivity contribution in [1.82, 2.24) is 14.8 Å². The number of nitrogens with one attached hydrogen (secondary N) is 1. The monoisotopic (exact) mass is 462 g/mol. The predicted molar refractivity (Wildman–Crippen MR) is 120 cm³/mol. The number of aromatic nitrogens is 3. The fourth-order valence-corrected chi connectivity index (χ4v) is 3.79. The van der Waals surface area contributed by atoms with Crippen molar-refractivity contribution >= 4 is 35.0 Å². The Kier molecular flexibility index (Phi) is 8.02. The van der Waals surface area contributed by atoms with Gasteiger partial charge in [-0.25, -0.2) is 0 Å². The number of amides is 1. The van der Waals surface area contributed by atoms with Gasteiger partial charge in [0.15, 0.2) is 11.0 Å². The molecule has 3 aromatic rings. The fourth-order valence-electron chi connectivity index (χ4n) is 2.78. The third-order valence-corrected chi connectivity index (χ3v) is 5.60. The van der Waals surface area contributed by atoms with Gasteiger partial charge < -0.3 is 24.1 Å². The molecule has 0 fully saturated rings. The first-order valence-corrected chi connectivity index (χ1v) is 10.9. The van der Waals surface area contributed by atoms with Crippen LogP contribution in [0.2, 0.25) is 5.02 Å². The van der Waals surface area contributed by atoms with E-state index in [9.17, 15) is 4.79 Å². The van der Waals surface area contributed by atoms with Gasteiger partial charge in [0.1, 0.15) is 23.9 Å². The molecule has 164 valence electrons.